The van der Waals surface area contributed by atoms with Gasteiger partial charge in [-0.05, 0) is 13.3 Å². The van der Waals surface area contributed by atoms with Crippen LogP contribution in [0.4, 0.5) is 4.39 Å². The summed E-state index contributed by atoms with van der Waals surface area (Å²) >= 11 is 0. The molecule has 1 aromatic heterocycles. The Bertz CT molecular complexity index is 489. The summed E-state index contributed by atoms with van der Waals surface area (Å²) < 4.78 is 41.8. The molecule has 1 atom stereocenters. The standard InChI is InChI=1S/C10H16ClFN2O3S/c1-3-8(2)17-7-9-10(18(11,15)16)6-13-14(9)5-4-12/h6,8H,3-5,7H2,1-2H3. The van der Waals surface area contributed by atoms with E-state index in [-0.39, 0.29) is 29.8 Å². The minimum absolute atomic E-state index is 0.0222. The molecule has 1 aromatic rings. The van der Waals surface area contributed by atoms with Crippen LogP contribution in [0.1, 0.15) is 26.0 Å². The van der Waals surface area contributed by atoms with Gasteiger partial charge in [0.2, 0.25) is 0 Å². The van der Waals surface area contributed by atoms with Crippen LogP contribution in [0, 0.1) is 0 Å². The van der Waals surface area contributed by atoms with Crippen molar-refractivity contribution in [2.45, 2.75) is 44.4 Å². The monoisotopic (exact) mass is 298 g/mol. The first-order valence-corrected chi connectivity index (χ1v) is 7.88. The lowest BCUT2D eigenvalue weighted by Crippen LogP contribution is -2.13. The van der Waals surface area contributed by atoms with Crippen LogP contribution in [-0.2, 0) is 26.9 Å². The SMILES string of the molecule is CCC(C)OCc1c(S(=O)(=O)Cl)cnn1CCF. The van der Waals surface area contributed by atoms with Gasteiger partial charge in [-0.2, -0.15) is 5.10 Å². The van der Waals surface area contributed by atoms with Crippen LogP contribution >= 0.6 is 10.7 Å². The average molecular weight is 299 g/mol. The van der Waals surface area contributed by atoms with Crippen molar-refractivity contribution in [3.8, 4) is 0 Å². The van der Waals surface area contributed by atoms with Crippen LogP contribution in [0.5, 0.6) is 0 Å². The predicted octanol–water partition coefficient (Wildman–Crippen LogP) is 2.10. The zero-order valence-electron chi connectivity index (χ0n) is 10.3. The van der Waals surface area contributed by atoms with Gasteiger partial charge in [0.15, 0.2) is 0 Å². The summed E-state index contributed by atoms with van der Waals surface area (Å²) in [6.45, 7) is 3.19. The maximum absolute atomic E-state index is 12.3. The summed E-state index contributed by atoms with van der Waals surface area (Å²) in [5, 5.41) is 3.81. The van der Waals surface area contributed by atoms with Gasteiger partial charge in [-0.25, -0.2) is 12.8 Å². The van der Waals surface area contributed by atoms with Gasteiger partial charge in [0.1, 0.15) is 11.6 Å². The Morgan fingerprint density at radius 2 is 2.28 bits per heavy atom. The molecule has 0 saturated heterocycles. The fourth-order valence-electron chi connectivity index (χ4n) is 1.35. The van der Waals surface area contributed by atoms with Crippen molar-refractivity contribution in [3.05, 3.63) is 11.9 Å². The van der Waals surface area contributed by atoms with Gasteiger partial charge < -0.3 is 4.74 Å². The number of hydrogen-bond acceptors (Lipinski definition) is 4. The topological polar surface area (TPSA) is 61.2 Å². The highest BCUT2D eigenvalue weighted by atomic mass is 35.7. The quantitative estimate of drug-likeness (QED) is 0.723. The number of ether oxygens (including phenoxy) is 1. The van der Waals surface area contributed by atoms with Crippen molar-refractivity contribution in [1.29, 1.82) is 0 Å². The molecule has 8 heteroatoms. The van der Waals surface area contributed by atoms with E-state index in [1.165, 1.54) is 4.68 Å². The Labute approximate surface area is 110 Å². The molecular formula is C10H16ClFN2O3S. The summed E-state index contributed by atoms with van der Waals surface area (Å²) in [5.41, 5.74) is 0.281. The van der Waals surface area contributed by atoms with E-state index in [1.807, 2.05) is 13.8 Å². The van der Waals surface area contributed by atoms with E-state index in [0.717, 1.165) is 12.6 Å². The summed E-state index contributed by atoms with van der Waals surface area (Å²) in [4.78, 5) is -0.124. The van der Waals surface area contributed by atoms with Crippen molar-refractivity contribution < 1.29 is 17.5 Å². The number of halogens is 2. The molecule has 1 heterocycles. The molecule has 104 valence electrons. The second-order valence-corrected chi connectivity index (χ2v) is 6.37. The first kappa shape index (κ1) is 15.4. The second-order valence-electron chi connectivity index (χ2n) is 3.84. The third-order valence-electron chi connectivity index (χ3n) is 2.55. The van der Waals surface area contributed by atoms with Crippen LogP contribution in [0.2, 0.25) is 0 Å². The normalized spacial score (nSPS) is 13.8. The Kier molecular flexibility index (Phi) is 5.55. The zero-order chi connectivity index (χ0) is 13.8. The maximum Gasteiger partial charge on any atom is 0.264 e. The molecule has 0 aliphatic heterocycles. The molecule has 0 spiro atoms. The van der Waals surface area contributed by atoms with Crippen molar-refractivity contribution >= 4 is 19.7 Å². The Morgan fingerprint density at radius 3 is 2.78 bits per heavy atom. The van der Waals surface area contributed by atoms with E-state index in [4.69, 9.17) is 15.4 Å². The Morgan fingerprint density at radius 1 is 1.61 bits per heavy atom. The number of nitrogens with zero attached hydrogens (tertiary/aromatic N) is 2. The molecule has 0 amide bonds. The van der Waals surface area contributed by atoms with Crippen LogP contribution in [0.15, 0.2) is 11.1 Å². The van der Waals surface area contributed by atoms with Crippen molar-refractivity contribution in [2.24, 2.45) is 0 Å². The maximum atomic E-state index is 12.3. The number of hydrogen-bond donors (Lipinski definition) is 0. The molecule has 0 radical (unpaired) electrons. The lowest BCUT2D eigenvalue weighted by Gasteiger charge is -2.12. The lowest BCUT2D eigenvalue weighted by molar-refractivity contribution is 0.0451. The van der Waals surface area contributed by atoms with Gasteiger partial charge >= 0.3 is 0 Å². The van der Waals surface area contributed by atoms with Crippen molar-refractivity contribution in [2.75, 3.05) is 6.67 Å². The van der Waals surface area contributed by atoms with Gasteiger partial charge in [-0.1, -0.05) is 6.92 Å². The Balaban J connectivity index is 3.00. The summed E-state index contributed by atoms with van der Waals surface area (Å²) in [6, 6.07) is 0. The minimum atomic E-state index is -3.90. The van der Waals surface area contributed by atoms with Gasteiger partial charge in [0.05, 0.1) is 31.1 Å². The number of alkyl halides is 1. The number of aromatic nitrogens is 2. The third kappa shape index (κ3) is 3.93. The first-order chi connectivity index (χ1) is 8.40. The molecule has 0 saturated carbocycles. The minimum Gasteiger partial charge on any atom is -0.372 e. The smallest absolute Gasteiger partial charge is 0.264 e. The van der Waals surface area contributed by atoms with E-state index < -0.39 is 15.7 Å². The molecule has 18 heavy (non-hydrogen) atoms. The van der Waals surface area contributed by atoms with E-state index in [0.29, 0.717) is 0 Å². The van der Waals surface area contributed by atoms with Gasteiger partial charge in [-0.15, -0.1) is 0 Å². The summed E-state index contributed by atoms with van der Waals surface area (Å²) in [5.74, 6) is 0. The van der Waals surface area contributed by atoms with E-state index >= 15 is 0 Å². The molecule has 0 bridgehead atoms. The molecule has 0 N–H and O–H groups in total. The largest absolute Gasteiger partial charge is 0.372 e. The molecular weight excluding hydrogens is 283 g/mol. The van der Waals surface area contributed by atoms with Crippen LogP contribution in [-0.4, -0.2) is 31.0 Å². The molecule has 0 aliphatic rings. The average Bonchev–Trinajstić information content (AvgIpc) is 2.69. The highest BCUT2D eigenvalue weighted by molar-refractivity contribution is 8.13. The number of rotatable bonds is 7. The first-order valence-electron chi connectivity index (χ1n) is 5.57. The van der Waals surface area contributed by atoms with Crippen LogP contribution in [0.25, 0.3) is 0 Å². The molecule has 0 aromatic carbocycles. The van der Waals surface area contributed by atoms with E-state index in [2.05, 4.69) is 5.10 Å². The second kappa shape index (κ2) is 6.49. The highest BCUT2D eigenvalue weighted by Gasteiger charge is 2.21. The molecule has 5 nitrogen and oxygen atoms in total. The fraction of sp³-hybridized carbons (Fsp3) is 0.700. The third-order valence-corrected chi connectivity index (χ3v) is 3.91. The molecule has 0 fully saturated rings. The fourth-order valence-corrected chi connectivity index (χ4v) is 2.36. The predicted molar refractivity (Wildman–Crippen MR) is 65.8 cm³/mol. The van der Waals surface area contributed by atoms with Crippen LogP contribution < -0.4 is 0 Å². The molecule has 1 unspecified atom stereocenters. The van der Waals surface area contributed by atoms with Gasteiger partial charge in [-0.3, -0.25) is 4.68 Å². The number of aryl methyl sites for hydroxylation is 1. The van der Waals surface area contributed by atoms with Crippen LogP contribution in [0.3, 0.4) is 0 Å². The van der Waals surface area contributed by atoms with Crippen molar-refractivity contribution in [1.82, 2.24) is 9.78 Å². The molecule has 1 rings (SSSR count). The lowest BCUT2D eigenvalue weighted by atomic mass is 10.3. The Hall–Kier alpha value is -0.660. The summed E-state index contributed by atoms with van der Waals surface area (Å²) in [7, 11) is 1.40. The molecule has 0 aliphatic carbocycles. The van der Waals surface area contributed by atoms with Crippen molar-refractivity contribution in [3.63, 3.8) is 0 Å². The van der Waals surface area contributed by atoms with E-state index in [9.17, 15) is 12.8 Å². The van der Waals surface area contributed by atoms with Gasteiger partial charge in [0, 0.05) is 10.7 Å². The van der Waals surface area contributed by atoms with Gasteiger partial charge in [0.25, 0.3) is 9.05 Å². The summed E-state index contributed by atoms with van der Waals surface area (Å²) in [6.07, 6.45) is 1.89. The zero-order valence-corrected chi connectivity index (χ0v) is 11.8. The van der Waals surface area contributed by atoms with E-state index in [1.54, 1.807) is 0 Å². The highest BCUT2D eigenvalue weighted by Crippen LogP contribution is 2.21.